The van der Waals surface area contributed by atoms with Crippen LogP contribution in [-0.4, -0.2) is 20.6 Å². The first-order chi connectivity index (χ1) is 8.24. The smallest absolute Gasteiger partial charge is 0.209 e. The molecule has 7 heteroatoms. The van der Waals surface area contributed by atoms with Crippen molar-refractivity contribution in [2.24, 2.45) is 0 Å². The number of thioether (sulfide) groups is 1. The number of hydrogen-bond donors (Lipinski definition) is 1. The van der Waals surface area contributed by atoms with Crippen molar-refractivity contribution in [2.75, 3.05) is 11.2 Å². The lowest BCUT2D eigenvalue weighted by atomic mass is 10.1. The average Bonchev–Trinajstić information content (AvgIpc) is 2.79. The molecule has 1 unspecified atom stereocenters. The third kappa shape index (κ3) is 2.04. The topological polar surface area (TPSA) is 42.7 Å². The van der Waals surface area contributed by atoms with E-state index in [-0.39, 0.29) is 11.9 Å². The molecule has 17 heavy (non-hydrogen) atoms. The monoisotopic (exact) mass is 314 g/mol. The number of nitrogens with one attached hydrogen (secondary N) is 1. The molecule has 1 aliphatic rings. The van der Waals surface area contributed by atoms with E-state index in [1.807, 2.05) is 0 Å². The van der Waals surface area contributed by atoms with Gasteiger partial charge in [0.2, 0.25) is 5.16 Å². The first kappa shape index (κ1) is 11.0. The zero-order valence-corrected chi connectivity index (χ0v) is 11.0. The highest BCUT2D eigenvalue weighted by Crippen LogP contribution is 2.31. The second-order valence-corrected chi connectivity index (χ2v) is 5.54. The summed E-state index contributed by atoms with van der Waals surface area (Å²) in [6.45, 7) is 0. The minimum atomic E-state index is -0.206. The van der Waals surface area contributed by atoms with Crippen LogP contribution in [0.4, 0.5) is 4.39 Å². The van der Waals surface area contributed by atoms with Crippen LogP contribution in [0, 0.1) is 5.82 Å². The highest BCUT2D eigenvalue weighted by atomic mass is 79.9. The molecule has 0 fully saturated rings. The Labute approximate surface area is 110 Å². The maximum Gasteiger partial charge on any atom is 0.209 e. The number of benzene rings is 1. The molecule has 1 aromatic carbocycles. The summed E-state index contributed by atoms with van der Waals surface area (Å²) in [4.78, 5) is 0. The molecule has 88 valence electrons. The van der Waals surface area contributed by atoms with Crippen molar-refractivity contribution < 1.29 is 4.39 Å². The lowest BCUT2D eigenvalue weighted by molar-refractivity contribution is 0.577. The molecule has 0 bridgehead atoms. The van der Waals surface area contributed by atoms with Crippen LogP contribution in [0.3, 0.4) is 0 Å². The molecule has 4 nitrogen and oxygen atoms in total. The van der Waals surface area contributed by atoms with E-state index in [9.17, 15) is 4.39 Å². The lowest BCUT2D eigenvalue weighted by Crippen LogP contribution is -2.27. The Balaban J connectivity index is 1.94. The summed E-state index contributed by atoms with van der Waals surface area (Å²) in [5, 5.41) is 8.54. The van der Waals surface area contributed by atoms with Crippen molar-refractivity contribution in [3.05, 3.63) is 40.4 Å². The fourth-order valence-electron chi connectivity index (χ4n) is 1.72. The van der Waals surface area contributed by atoms with Crippen LogP contribution in [0.15, 0.2) is 34.2 Å². The van der Waals surface area contributed by atoms with Crippen LogP contribution in [0.1, 0.15) is 11.6 Å². The summed E-state index contributed by atoms with van der Waals surface area (Å²) in [6, 6.07) is 4.87. The largest absolute Gasteiger partial charge is 0.314 e. The van der Waals surface area contributed by atoms with Gasteiger partial charge in [0.05, 0.1) is 6.04 Å². The van der Waals surface area contributed by atoms with Gasteiger partial charge in [-0.3, -0.25) is 0 Å². The maximum absolute atomic E-state index is 13.7. The molecule has 2 aromatic rings. The third-order valence-corrected chi connectivity index (χ3v) is 4.05. The van der Waals surface area contributed by atoms with E-state index >= 15 is 0 Å². The Morgan fingerprint density at radius 3 is 3.29 bits per heavy atom. The fraction of sp³-hybridized carbons (Fsp3) is 0.200. The number of nitrogens with zero attached hydrogens (tertiary/aromatic N) is 3. The quantitative estimate of drug-likeness (QED) is 0.878. The summed E-state index contributed by atoms with van der Waals surface area (Å²) < 4.78 is 16.3. The maximum atomic E-state index is 13.7. The normalized spacial score (nSPS) is 18.6. The van der Waals surface area contributed by atoms with Gasteiger partial charge < -0.3 is 5.43 Å². The molecular formula is C10H8BrFN4S. The summed E-state index contributed by atoms with van der Waals surface area (Å²) >= 11 is 4.91. The summed E-state index contributed by atoms with van der Waals surface area (Å²) in [5.74, 6) is 0.523. The van der Waals surface area contributed by atoms with E-state index in [1.54, 1.807) is 34.9 Å². The van der Waals surface area contributed by atoms with Gasteiger partial charge >= 0.3 is 0 Å². The summed E-state index contributed by atoms with van der Waals surface area (Å²) in [6.07, 6.45) is 1.59. The summed E-state index contributed by atoms with van der Waals surface area (Å²) in [7, 11) is 0. The van der Waals surface area contributed by atoms with Crippen LogP contribution >= 0.6 is 27.7 Å². The van der Waals surface area contributed by atoms with Crippen LogP contribution < -0.4 is 5.43 Å². The minimum Gasteiger partial charge on any atom is -0.314 e. The molecule has 0 saturated heterocycles. The number of halogens is 2. The van der Waals surface area contributed by atoms with Gasteiger partial charge in [-0.25, -0.2) is 9.07 Å². The minimum absolute atomic E-state index is 0.0824. The molecule has 2 heterocycles. The Morgan fingerprint density at radius 1 is 1.53 bits per heavy atom. The molecule has 1 aromatic heterocycles. The van der Waals surface area contributed by atoms with Gasteiger partial charge in [-0.15, -0.1) is 10.2 Å². The molecule has 0 spiro atoms. The first-order valence-corrected chi connectivity index (χ1v) is 6.76. The van der Waals surface area contributed by atoms with Gasteiger partial charge in [-0.2, -0.15) is 0 Å². The standard InChI is InChI=1S/C10H8BrFN4S/c11-6-1-2-8(12)7(3-6)9-4-17-10-14-13-5-16(10)15-9/h1-3,5,9,15H,4H2. The van der Waals surface area contributed by atoms with Gasteiger partial charge in [0.25, 0.3) is 0 Å². The molecular weight excluding hydrogens is 307 g/mol. The second-order valence-electron chi connectivity index (χ2n) is 3.64. The number of fused-ring (bicyclic) bond motifs is 1. The van der Waals surface area contributed by atoms with Gasteiger partial charge in [-0.1, -0.05) is 27.7 Å². The van der Waals surface area contributed by atoms with Gasteiger partial charge in [0, 0.05) is 15.8 Å². The lowest BCUT2D eigenvalue weighted by Gasteiger charge is -2.25. The van der Waals surface area contributed by atoms with E-state index in [4.69, 9.17) is 0 Å². The SMILES string of the molecule is Fc1ccc(Br)cc1C1CSc2nncn2N1. The average molecular weight is 315 g/mol. The van der Waals surface area contributed by atoms with Crippen LogP contribution in [0.5, 0.6) is 0 Å². The number of rotatable bonds is 1. The highest BCUT2D eigenvalue weighted by molar-refractivity contribution is 9.10. The zero-order chi connectivity index (χ0) is 11.8. The van der Waals surface area contributed by atoms with E-state index in [2.05, 4.69) is 31.6 Å². The Bertz CT molecular complexity index is 559. The predicted octanol–water partition coefficient (Wildman–Crippen LogP) is 2.57. The molecule has 0 amide bonds. The van der Waals surface area contributed by atoms with Crippen molar-refractivity contribution in [3.63, 3.8) is 0 Å². The fourth-order valence-corrected chi connectivity index (χ4v) is 3.01. The van der Waals surface area contributed by atoms with E-state index in [0.717, 1.165) is 15.4 Å². The first-order valence-electron chi connectivity index (χ1n) is 4.98. The molecule has 3 rings (SSSR count). The van der Waals surface area contributed by atoms with Gasteiger partial charge in [0.15, 0.2) is 0 Å². The van der Waals surface area contributed by atoms with E-state index in [0.29, 0.717) is 5.56 Å². The van der Waals surface area contributed by atoms with E-state index < -0.39 is 0 Å². The molecule has 0 aliphatic carbocycles. The van der Waals surface area contributed by atoms with Gasteiger partial charge in [0.1, 0.15) is 12.1 Å². The van der Waals surface area contributed by atoms with Crippen molar-refractivity contribution in [2.45, 2.75) is 11.2 Å². The number of hydrogen-bond acceptors (Lipinski definition) is 4. The van der Waals surface area contributed by atoms with Crippen molar-refractivity contribution in [1.82, 2.24) is 14.9 Å². The number of aromatic nitrogens is 3. The van der Waals surface area contributed by atoms with Crippen molar-refractivity contribution >= 4 is 27.7 Å². The van der Waals surface area contributed by atoms with Crippen LogP contribution in [0.2, 0.25) is 0 Å². The molecule has 1 N–H and O–H groups in total. The molecule has 1 aliphatic heterocycles. The Hall–Kier alpha value is -1.08. The Kier molecular flexibility index (Phi) is 2.79. The van der Waals surface area contributed by atoms with Gasteiger partial charge in [-0.05, 0) is 18.2 Å². The van der Waals surface area contributed by atoms with Crippen LogP contribution in [0.25, 0.3) is 0 Å². The van der Waals surface area contributed by atoms with E-state index in [1.165, 1.54) is 6.07 Å². The van der Waals surface area contributed by atoms with Crippen molar-refractivity contribution in [3.8, 4) is 0 Å². The highest BCUT2D eigenvalue weighted by Gasteiger charge is 2.23. The zero-order valence-electron chi connectivity index (χ0n) is 8.60. The molecule has 0 radical (unpaired) electrons. The van der Waals surface area contributed by atoms with Crippen molar-refractivity contribution in [1.29, 1.82) is 0 Å². The van der Waals surface area contributed by atoms with Crippen LogP contribution in [-0.2, 0) is 0 Å². The summed E-state index contributed by atoms with van der Waals surface area (Å²) in [5.41, 5.74) is 3.82. The second kappa shape index (κ2) is 4.30. The third-order valence-electron chi connectivity index (χ3n) is 2.52. The molecule has 0 saturated carbocycles. The predicted molar refractivity (Wildman–Crippen MR) is 66.9 cm³/mol. The molecule has 1 atom stereocenters. The Morgan fingerprint density at radius 2 is 2.41 bits per heavy atom.